The number of hydrogen-bond donors (Lipinski definition) is 1. The van der Waals surface area contributed by atoms with Crippen LogP contribution in [0.3, 0.4) is 0 Å². The van der Waals surface area contributed by atoms with Crippen molar-refractivity contribution in [1.29, 1.82) is 0 Å². The second-order valence-electron chi connectivity index (χ2n) is 2.99. The fourth-order valence-corrected chi connectivity index (χ4v) is 1.75. The van der Waals surface area contributed by atoms with Gasteiger partial charge < -0.3 is 19.0 Å². The van der Waals surface area contributed by atoms with Gasteiger partial charge in [0, 0.05) is 25.9 Å². The molecule has 86 valence electrons. The molecule has 1 saturated carbocycles. The minimum absolute atomic E-state index is 0.583. The molecule has 0 radical (unpaired) electrons. The molecule has 5 heteroatoms. The normalized spacial score (nSPS) is 15.2. The molecule has 1 aliphatic rings. The van der Waals surface area contributed by atoms with Crippen LogP contribution in [0, 0.1) is 0 Å². The lowest BCUT2D eigenvalue weighted by Gasteiger charge is -2.12. The SMILES string of the molecule is CCO[SiH](OCC)OCC.NC1CC1. The number of hydrogen-bond acceptors (Lipinski definition) is 4. The van der Waals surface area contributed by atoms with Gasteiger partial charge in [0.05, 0.1) is 0 Å². The Hall–Kier alpha value is 0.0569. The Kier molecular flexibility index (Phi) is 9.64. The highest BCUT2D eigenvalue weighted by atomic mass is 28.3. The van der Waals surface area contributed by atoms with Gasteiger partial charge in [-0.25, -0.2) is 0 Å². The molecule has 1 aliphatic carbocycles. The second-order valence-corrected chi connectivity index (χ2v) is 4.57. The van der Waals surface area contributed by atoms with Gasteiger partial charge >= 0.3 is 9.53 Å². The van der Waals surface area contributed by atoms with E-state index in [4.69, 9.17) is 19.0 Å². The van der Waals surface area contributed by atoms with Gasteiger partial charge in [-0.3, -0.25) is 0 Å². The van der Waals surface area contributed by atoms with Crippen molar-refractivity contribution < 1.29 is 13.3 Å². The summed E-state index contributed by atoms with van der Waals surface area (Å²) in [6.45, 7) is 7.86. The van der Waals surface area contributed by atoms with E-state index in [1.807, 2.05) is 20.8 Å². The molecule has 0 heterocycles. The lowest BCUT2D eigenvalue weighted by atomic mass is 10.8. The molecule has 0 aromatic carbocycles. The van der Waals surface area contributed by atoms with Crippen molar-refractivity contribution in [3.8, 4) is 0 Å². The molecule has 1 fully saturated rings. The van der Waals surface area contributed by atoms with Crippen molar-refractivity contribution in [3.63, 3.8) is 0 Å². The molecule has 0 spiro atoms. The largest absolute Gasteiger partial charge is 0.484 e. The van der Waals surface area contributed by atoms with Crippen LogP contribution in [0.25, 0.3) is 0 Å². The molecular weight excluding hydrogens is 198 g/mol. The third kappa shape index (κ3) is 10.1. The van der Waals surface area contributed by atoms with Gasteiger partial charge in [0.15, 0.2) is 0 Å². The van der Waals surface area contributed by atoms with E-state index >= 15 is 0 Å². The number of rotatable bonds is 6. The van der Waals surface area contributed by atoms with Gasteiger partial charge in [0.1, 0.15) is 0 Å². The summed E-state index contributed by atoms with van der Waals surface area (Å²) in [4.78, 5) is 0. The predicted molar refractivity (Wildman–Crippen MR) is 59.2 cm³/mol. The van der Waals surface area contributed by atoms with Crippen LogP contribution >= 0.6 is 0 Å². The van der Waals surface area contributed by atoms with Gasteiger partial charge in [-0.05, 0) is 33.6 Å². The van der Waals surface area contributed by atoms with Crippen LogP contribution in [0.4, 0.5) is 0 Å². The zero-order chi connectivity index (χ0) is 10.8. The van der Waals surface area contributed by atoms with E-state index in [-0.39, 0.29) is 0 Å². The summed E-state index contributed by atoms with van der Waals surface area (Å²) in [5, 5.41) is 0. The van der Waals surface area contributed by atoms with Crippen molar-refractivity contribution in [2.24, 2.45) is 5.73 Å². The van der Waals surface area contributed by atoms with Crippen molar-refractivity contribution >= 4 is 9.53 Å². The van der Waals surface area contributed by atoms with Crippen LogP contribution in [-0.4, -0.2) is 35.4 Å². The van der Waals surface area contributed by atoms with E-state index in [0.29, 0.717) is 25.9 Å². The first-order valence-corrected chi connectivity index (χ1v) is 6.76. The maximum Gasteiger partial charge on any atom is 0.484 e. The molecule has 0 atom stereocenters. The standard InChI is InChI=1S/C6H16O3Si.C3H7N/c1-4-7-10(8-5-2)9-6-3;4-3-1-2-3/h10H,4-6H2,1-3H3;3H,1-2,4H2. The summed E-state index contributed by atoms with van der Waals surface area (Å²) >= 11 is 0. The Bertz CT molecular complexity index is 108. The van der Waals surface area contributed by atoms with Crippen LogP contribution in [-0.2, 0) is 13.3 Å². The lowest BCUT2D eigenvalue weighted by Crippen LogP contribution is -2.27. The Labute approximate surface area is 88.7 Å². The zero-order valence-corrected chi connectivity index (χ0v) is 10.6. The Morgan fingerprint density at radius 3 is 1.43 bits per heavy atom. The molecule has 0 aromatic heterocycles. The van der Waals surface area contributed by atoms with Crippen molar-refractivity contribution in [2.45, 2.75) is 39.7 Å². The molecule has 14 heavy (non-hydrogen) atoms. The van der Waals surface area contributed by atoms with Gasteiger partial charge in [0.25, 0.3) is 0 Å². The molecule has 0 unspecified atom stereocenters. The highest BCUT2D eigenvalue weighted by Gasteiger charge is 2.13. The second kappa shape index (κ2) is 9.61. The smallest absolute Gasteiger partial charge is 0.376 e. The maximum absolute atomic E-state index is 5.22. The van der Waals surface area contributed by atoms with Crippen molar-refractivity contribution in [1.82, 2.24) is 0 Å². The lowest BCUT2D eigenvalue weighted by molar-refractivity contribution is 0.107. The minimum Gasteiger partial charge on any atom is -0.376 e. The average molecular weight is 221 g/mol. The van der Waals surface area contributed by atoms with Crippen molar-refractivity contribution in [2.75, 3.05) is 19.8 Å². The zero-order valence-electron chi connectivity index (χ0n) is 9.49. The Morgan fingerprint density at radius 1 is 1.00 bits per heavy atom. The van der Waals surface area contributed by atoms with Crippen LogP contribution in [0.5, 0.6) is 0 Å². The molecule has 2 N–H and O–H groups in total. The highest BCUT2D eigenvalue weighted by molar-refractivity contribution is 6.36. The summed E-state index contributed by atoms with van der Waals surface area (Å²) in [6.07, 6.45) is 2.53. The van der Waals surface area contributed by atoms with E-state index in [1.54, 1.807) is 0 Å². The molecule has 0 aromatic rings. The van der Waals surface area contributed by atoms with Crippen LogP contribution in [0.2, 0.25) is 0 Å². The molecule has 1 rings (SSSR count). The summed E-state index contributed by atoms with van der Waals surface area (Å²) in [7, 11) is -1.73. The van der Waals surface area contributed by atoms with Crippen molar-refractivity contribution in [3.05, 3.63) is 0 Å². The summed E-state index contributed by atoms with van der Waals surface area (Å²) < 4.78 is 15.7. The molecule has 0 aliphatic heterocycles. The predicted octanol–water partition coefficient (Wildman–Crippen LogP) is 0.921. The molecule has 0 bridgehead atoms. The fourth-order valence-electron chi connectivity index (χ4n) is 0.649. The van der Waals surface area contributed by atoms with E-state index < -0.39 is 9.53 Å². The van der Waals surface area contributed by atoms with Gasteiger partial charge in [0.2, 0.25) is 0 Å². The van der Waals surface area contributed by atoms with E-state index in [9.17, 15) is 0 Å². The van der Waals surface area contributed by atoms with E-state index in [1.165, 1.54) is 12.8 Å². The summed E-state index contributed by atoms with van der Waals surface area (Å²) in [5.41, 5.74) is 5.22. The first-order chi connectivity index (χ1) is 6.74. The molecule has 0 amide bonds. The fraction of sp³-hybridized carbons (Fsp3) is 1.00. The van der Waals surface area contributed by atoms with E-state index in [0.717, 1.165) is 0 Å². The Morgan fingerprint density at radius 2 is 1.29 bits per heavy atom. The minimum atomic E-state index is -1.73. The average Bonchev–Trinajstić information content (AvgIpc) is 2.90. The van der Waals surface area contributed by atoms with Crippen LogP contribution in [0.15, 0.2) is 0 Å². The van der Waals surface area contributed by atoms with E-state index in [2.05, 4.69) is 0 Å². The Balaban J connectivity index is 0.000000344. The molecule has 0 saturated heterocycles. The molecular formula is C9H23NO3Si. The van der Waals surface area contributed by atoms with Gasteiger partial charge in [-0.1, -0.05) is 0 Å². The first-order valence-electron chi connectivity index (χ1n) is 5.34. The van der Waals surface area contributed by atoms with Crippen LogP contribution in [0.1, 0.15) is 33.6 Å². The summed E-state index contributed by atoms with van der Waals surface area (Å²) in [6, 6.07) is 0.583. The molecule has 4 nitrogen and oxygen atoms in total. The highest BCUT2D eigenvalue weighted by Crippen LogP contribution is 2.13. The first kappa shape index (κ1) is 14.1. The maximum atomic E-state index is 5.22. The third-order valence-corrected chi connectivity index (χ3v) is 3.35. The summed E-state index contributed by atoms with van der Waals surface area (Å²) in [5.74, 6) is 0. The quantitative estimate of drug-likeness (QED) is 0.678. The van der Waals surface area contributed by atoms with Gasteiger partial charge in [-0.2, -0.15) is 0 Å². The van der Waals surface area contributed by atoms with Gasteiger partial charge in [-0.15, -0.1) is 0 Å². The van der Waals surface area contributed by atoms with Crippen LogP contribution < -0.4 is 5.73 Å². The monoisotopic (exact) mass is 221 g/mol. The third-order valence-electron chi connectivity index (χ3n) is 1.53. The topological polar surface area (TPSA) is 53.7 Å². The number of nitrogens with two attached hydrogens (primary N) is 1.